The average molecular weight is 295 g/mol. The minimum absolute atomic E-state index is 0.238. The summed E-state index contributed by atoms with van der Waals surface area (Å²) in [6, 6.07) is 7.70. The summed E-state index contributed by atoms with van der Waals surface area (Å²) < 4.78 is 5.19. The van der Waals surface area contributed by atoms with Crippen LogP contribution in [0.4, 0.5) is 4.79 Å². The Balaban J connectivity index is 2.57. The summed E-state index contributed by atoms with van der Waals surface area (Å²) in [4.78, 5) is 11.6. The molecule has 118 valence electrons. The van der Waals surface area contributed by atoms with E-state index in [9.17, 15) is 9.90 Å². The average Bonchev–Trinajstić information content (AvgIpc) is 2.41. The van der Waals surface area contributed by atoms with Crippen LogP contribution < -0.4 is 5.32 Å². The van der Waals surface area contributed by atoms with Crippen LogP contribution in [0.5, 0.6) is 0 Å². The highest BCUT2D eigenvalue weighted by molar-refractivity contribution is 5.67. The fraction of sp³-hybridized carbons (Fsp3) is 0.562. The van der Waals surface area contributed by atoms with Crippen LogP contribution in [-0.4, -0.2) is 34.6 Å². The summed E-state index contributed by atoms with van der Waals surface area (Å²) in [6.45, 7) is 5.59. The van der Waals surface area contributed by atoms with Crippen molar-refractivity contribution in [3.63, 3.8) is 0 Å². The number of aryl methyl sites for hydroxylation is 1. The number of amides is 1. The monoisotopic (exact) mass is 295 g/mol. The van der Waals surface area contributed by atoms with Gasteiger partial charge in [-0.3, -0.25) is 0 Å². The van der Waals surface area contributed by atoms with Gasteiger partial charge in [-0.25, -0.2) is 4.79 Å². The fourth-order valence-corrected chi connectivity index (χ4v) is 1.87. The highest BCUT2D eigenvalue weighted by Gasteiger charge is 2.16. The zero-order chi connectivity index (χ0) is 15.9. The molecule has 0 fully saturated rings. The number of carbonyl (C=O) groups is 1. The zero-order valence-corrected chi connectivity index (χ0v) is 12.9. The van der Waals surface area contributed by atoms with E-state index in [1.807, 2.05) is 45.0 Å². The molecule has 0 aliphatic rings. The maximum absolute atomic E-state index is 11.6. The lowest BCUT2D eigenvalue weighted by atomic mass is 10.0. The first kappa shape index (κ1) is 17.5. The van der Waals surface area contributed by atoms with Crippen molar-refractivity contribution in [3.05, 3.63) is 35.4 Å². The number of benzene rings is 1. The van der Waals surface area contributed by atoms with Gasteiger partial charge in [0.1, 0.15) is 5.60 Å². The van der Waals surface area contributed by atoms with E-state index in [1.165, 1.54) is 0 Å². The van der Waals surface area contributed by atoms with E-state index in [4.69, 9.17) is 9.84 Å². The van der Waals surface area contributed by atoms with Gasteiger partial charge in [-0.1, -0.05) is 24.3 Å². The second-order valence-electron chi connectivity index (χ2n) is 6.00. The van der Waals surface area contributed by atoms with Crippen molar-refractivity contribution in [2.24, 2.45) is 0 Å². The smallest absolute Gasteiger partial charge is 0.407 e. The fourth-order valence-electron chi connectivity index (χ4n) is 1.87. The molecule has 1 aromatic carbocycles. The number of nitrogens with one attached hydrogen (secondary N) is 1. The molecule has 5 nitrogen and oxygen atoms in total. The van der Waals surface area contributed by atoms with E-state index >= 15 is 0 Å². The van der Waals surface area contributed by atoms with Crippen LogP contribution in [0.2, 0.25) is 0 Å². The molecule has 21 heavy (non-hydrogen) atoms. The highest BCUT2D eigenvalue weighted by atomic mass is 16.6. The molecule has 0 bridgehead atoms. The molecule has 1 aromatic rings. The molecule has 0 aromatic heterocycles. The van der Waals surface area contributed by atoms with E-state index in [0.717, 1.165) is 11.1 Å². The summed E-state index contributed by atoms with van der Waals surface area (Å²) in [6.07, 6.45) is -0.0297. The van der Waals surface area contributed by atoms with E-state index in [-0.39, 0.29) is 6.61 Å². The summed E-state index contributed by atoms with van der Waals surface area (Å²) in [5, 5.41) is 21.0. The van der Waals surface area contributed by atoms with Crippen molar-refractivity contribution in [1.82, 2.24) is 5.32 Å². The summed E-state index contributed by atoms with van der Waals surface area (Å²) in [5.41, 5.74) is 1.50. The molecule has 5 heteroatoms. The highest BCUT2D eigenvalue weighted by Crippen LogP contribution is 2.13. The Hall–Kier alpha value is -1.59. The number of rotatable bonds is 6. The van der Waals surface area contributed by atoms with Gasteiger partial charge in [-0.2, -0.15) is 0 Å². The molecule has 1 atom stereocenters. The van der Waals surface area contributed by atoms with Crippen molar-refractivity contribution in [2.75, 3.05) is 6.61 Å². The molecule has 1 unspecified atom stereocenters. The SMILES string of the molecule is CC(C)(C)OC(=O)NCc1ccccc1CCC(O)CO. The number of hydrogen-bond donors (Lipinski definition) is 3. The summed E-state index contributed by atoms with van der Waals surface area (Å²) in [7, 11) is 0. The minimum atomic E-state index is -0.711. The minimum Gasteiger partial charge on any atom is -0.444 e. The van der Waals surface area contributed by atoms with Gasteiger partial charge in [0.05, 0.1) is 12.7 Å². The van der Waals surface area contributed by atoms with Crippen molar-refractivity contribution in [1.29, 1.82) is 0 Å². The molecule has 3 N–H and O–H groups in total. The van der Waals surface area contributed by atoms with E-state index in [1.54, 1.807) is 0 Å². The molecule has 1 rings (SSSR count). The molecule has 0 aliphatic heterocycles. The van der Waals surface area contributed by atoms with Crippen LogP contribution in [0.3, 0.4) is 0 Å². The number of carbonyl (C=O) groups excluding carboxylic acids is 1. The Morgan fingerprint density at radius 2 is 1.90 bits per heavy atom. The number of hydrogen-bond acceptors (Lipinski definition) is 4. The lowest BCUT2D eigenvalue weighted by Crippen LogP contribution is -2.32. The largest absolute Gasteiger partial charge is 0.444 e. The van der Waals surface area contributed by atoms with Crippen LogP contribution in [0.15, 0.2) is 24.3 Å². The third-order valence-corrected chi connectivity index (χ3v) is 2.90. The molecular weight excluding hydrogens is 270 g/mol. The Morgan fingerprint density at radius 3 is 2.48 bits per heavy atom. The number of aliphatic hydroxyl groups excluding tert-OH is 2. The first-order chi connectivity index (χ1) is 9.81. The van der Waals surface area contributed by atoms with Crippen LogP contribution in [-0.2, 0) is 17.7 Å². The van der Waals surface area contributed by atoms with Gasteiger partial charge in [-0.05, 0) is 44.7 Å². The molecule has 1 amide bonds. The van der Waals surface area contributed by atoms with Gasteiger partial charge in [0.15, 0.2) is 0 Å². The quantitative estimate of drug-likeness (QED) is 0.750. The van der Waals surface area contributed by atoms with Crippen molar-refractivity contribution in [3.8, 4) is 0 Å². The molecule has 0 saturated heterocycles. The van der Waals surface area contributed by atoms with Gasteiger partial charge >= 0.3 is 6.09 Å². The number of aliphatic hydroxyl groups is 2. The van der Waals surface area contributed by atoms with E-state index in [0.29, 0.717) is 19.4 Å². The lowest BCUT2D eigenvalue weighted by Gasteiger charge is -2.20. The Bertz CT molecular complexity index is 454. The van der Waals surface area contributed by atoms with E-state index < -0.39 is 17.8 Å². The summed E-state index contributed by atoms with van der Waals surface area (Å²) in [5.74, 6) is 0. The van der Waals surface area contributed by atoms with Crippen molar-refractivity contribution in [2.45, 2.75) is 51.9 Å². The second-order valence-corrected chi connectivity index (χ2v) is 6.00. The molecular formula is C16H25NO4. The predicted molar refractivity (Wildman–Crippen MR) is 80.9 cm³/mol. The van der Waals surface area contributed by atoms with Crippen LogP contribution >= 0.6 is 0 Å². The number of ether oxygens (including phenoxy) is 1. The lowest BCUT2D eigenvalue weighted by molar-refractivity contribution is 0.0523. The normalized spacial score (nSPS) is 12.8. The Labute approximate surface area is 125 Å². The molecule has 0 aliphatic carbocycles. The molecule has 0 saturated carbocycles. The third kappa shape index (κ3) is 7.11. The Morgan fingerprint density at radius 1 is 1.29 bits per heavy atom. The number of alkyl carbamates (subject to hydrolysis) is 1. The zero-order valence-electron chi connectivity index (χ0n) is 12.9. The van der Waals surface area contributed by atoms with Crippen LogP contribution in [0.1, 0.15) is 38.3 Å². The first-order valence-electron chi connectivity index (χ1n) is 7.14. The molecule has 0 radical (unpaired) electrons. The van der Waals surface area contributed by atoms with Crippen molar-refractivity contribution < 1.29 is 19.7 Å². The Kier molecular flexibility index (Phi) is 6.65. The van der Waals surface area contributed by atoms with Gasteiger partial charge < -0.3 is 20.3 Å². The van der Waals surface area contributed by atoms with Crippen molar-refractivity contribution >= 4 is 6.09 Å². The van der Waals surface area contributed by atoms with Gasteiger partial charge in [0.2, 0.25) is 0 Å². The van der Waals surface area contributed by atoms with Gasteiger partial charge in [0, 0.05) is 6.54 Å². The van der Waals surface area contributed by atoms with Crippen LogP contribution in [0.25, 0.3) is 0 Å². The van der Waals surface area contributed by atoms with Gasteiger partial charge in [-0.15, -0.1) is 0 Å². The van der Waals surface area contributed by atoms with Crippen LogP contribution in [0, 0.1) is 0 Å². The van der Waals surface area contributed by atoms with Gasteiger partial charge in [0.25, 0.3) is 0 Å². The second kappa shape index (κ2) is 8.00. The third-order valence-electron chi connectivity index (χ3n) is 2.90. The predicted octanol–water partition coefficient (Wildman–Crippen LogP) is 2.00. The molecule has 0 heterocycles. The topological polar surface area (TPSA) is 78.8 Å². The standard InChI is InChI=1S/C16H25NO4/c1-16(2,3)21-15(20)17-10-13-7-5-4-6-12(13)8-9-14(19)11-18/h4-7,14,18-19H,8-11H2,1-3H3,(H,17,20). The van der Waals surface area contributed by atoms with E-state index in [2.05, 4.69) is 5.32 Å². The summed E-state index contributed by atoms with van der Waals surface area (Å²) >= 11 is 0. The maximum atomic E-state index is 11.6. The maximum Gasteiger partial charge on any atom is 0.407 e. The first-order valence-corrected chi connectivity index (χ1v) is 7.14. The molecule has 0 spiro atoms.